The summed E-state index contributed by atoms with van der Waals surface area (Å²) in [5.74, 6) is 0.841. The van der Waals surface area contributed by atoms with Gasteiger partial charge >= 0.3 is 0 Å². The molecule has 0 unspecified atom stereocenters. The van der Waals surface area contributed by atoms with Crippen LogP contribution in [-0.4, -0.2) is 39.7 Å². The minimum atomic E-state index is 0.138. The Morgan fingerprint density at radius 3 is 2.94 bits per heavy atom. The number of thiocarbonyl (C=S) groups is 1. The number of imidazole rings is 1. The summed E-state index contributed by atoms with van der Waals surface area (Å²) in [4.78, 5) is 19.2. The minimum Gasteiger partial charge on any atom is -0.387 e. The highest BCUT2D eigenvalue weighted by Gasteiger charge is 2.10. The smallest absolute Gasteiger partial charge is 0.208 e. The molecule has 8 nitrogen and oxygen atoms in total. The molecule has 0 aliphatic carbocycles. The van der Waals surface area contributed by atoms with Crippen LogP contribution in [0.15, 0.2) is 19.0 Å². The van der Waals surface area contributed by atoms with E-state index < -0.39 is 0 Å². The number of rotatable bonds is 2. The monoisotopic (exact) mass is 246 g/mol. The van der Waals surface area contributed by atoms with E-state index in [9.17, 15) is 0 Å². The Morgan fingerprint density at radius 1 is 1.29 bits per heavy atom. The molecule has 3 rings (SSSR count). The average molecular weight is 246 g/mol. The Labute approximate surface area is 99.9 Å². The number of hydrogen-bond acceptors (Lipinski definition) is 6. The van der Waals surface area contributed by atoms with Crippen molar-refractivity contribution >= 4 is 28.4 Å². The first-order chi connectivity index (χ1) is 8.25. The molecular weight excluding hydrogens is 240 g/mol. The maximum absolute atomic E-state index is 5.44. The van der Waals surface area contributed by atoms with Gasteiger partial charge in [-0.05, 0) is 0 Å². The highest BCUT2D eigenvalue weighted by Crippen LogP contribution is 2.12. The van der Waals surface area contributed by atoms with Crippen molar-refractivity contribution in [3.8, 4) is 5.82 Å². The molecule has 0 aliphatic heterocycles. The van der Waals surface area contributed by atoms with E-state index in [0.717, 1.165) is 0 Å². The second-order valence-corrected chi connectivity index (χ2v) is 3.62. The summed E-state index contributed by atoms with van der Waals surface area (Å²) in [5.41, 5.74) is 6.67. The first-order valence-electron chi connectivity index (χ1n) is 4.61. The zero-order valence-corrected chi connectivity index (χ0v) is 9.22. The summed E-state index contributed by atoms with van der Waals surface area (Å²) >= 11 is 4.79. The number of nitrogens with zero attached hydrogens (tertiary/aromatic N) is 6. The lowest BCUT2D eigenvalue weighted by atomic mass is 10.5. The molecule has 3 N–H and O–H groups in total. The molecule has 9 heteroatoms. The molecule has 0 fully saturated rings. The van der Waals surface area contributed by atoms with Crippen molar-refractivity contribution < 1.29 is 0 Å². The van der Waals surface area contributed by atoms with Gasteiger partial charge in [-0.2, -0.15) is 4.68 Å². The van der Waals surface area contributed by atoms with Gasteiger partial charge in [0.25, 0.3) is 0 Å². The van der Waals surface area contributed by atoms with Crippen LogP contribution in [0.1, 0.15) is 5.82 Å². The summed E-state index contributed by atoms with van der Waals surface area (Å²) < 4.78 is 1.47. The molecule has 0 aromatic carbocycles. The normalized spacial score (nSPS) is 10.8. The Hall–Kier alpha value is -2.42. The van der Waals surface area contributed by atoms with Crippen molar-refractivity contribution in [2.24, 2.45) is 5.73 Å². The van der Waals surface area contributed by atoms with Crippen LogP contribution in [-0.2, 0) is 0 Å². The Morgan fingerprint density at radius 2 is 2.18 bits per heavy atom. The number of aromatic amines is 1. The van der Waals surface area contributed by atoms with Crippen molar-refractivity contribution in [3.05, 3.63) is 24.8 Å². The van der Waals surface area contributed by atoms with Crippen molar-refractivity contribution in [1.82, 2.24) is 34.7 Å². The third kappa shape index (κ3) is 1.52. The largest absolute Gasteiger partial charge is 0.387 e. The summed E-state index contributed by atoms with van der Waals surface area (Å²) in [6, 6.07) is 0. The zero-order chi connectivity index (χ0) is 11.8. The Balaban J connectivity index is 2.19. The van der Waals surface area contributed by atoms with Gasteiger partial charge in [-0.15, -0.1) is 5.10 Å². The topological polar surface area (TPSA) is 111 Å². The lowest BCUT2D eigenvalue weighted by molar-refractivity contribution is 0.844. The Bertz CT molecular complexity index is 698. The van der Waals surface area contributed by atoms with Gasteiger partial charge in [-0.1, -0.05) is 12.2 Å². The van der Waals surface area contributed by atoms with Crippen LogP contribution < -0.4 is 5.73 Å². The highest BCUT2D eigenvalue weighted by atomic mass is 32.1. The number of H-pyrrole nitrogens is 1. The first-order valence-corrected chi connectivity index (χ1v) is 5.02. The first kappa shape index (κ1) is 9.78. The van der Waals surface area contributed by atoms with Crippen LogP contribution >= 0.6 is 12.2 Å². The zero-order valence-electron chi connectivity index (χ0n) is 8.40. The fourth-order valence-electron chi connectivity index (χ4n) is 1.40. The molecule has 0 atom stereocenters. The van der Waals surface area contributed by atoms with Crippen molar-refractivity contribution in [1.29, 1.82) is 0 Å². The number of fused-ring (bicyclic) bond motifs is 1. The van der Waals surface area contributed by atoms with E-state index in [-0.39, 0.29) is 4.99 Å². The fraction of sp³-hybridized carbons (Fsp3) is 0. The Kier molecular flexibility index (Phi) is 2.05. The molecular formula is C8H6N8S. The summed E-state index contributed by atoms with van der Waals surface area (Å²) in [6.45, 7) is 0. The number of hydrogen-bond donors (Lipinski definition) is 2. The molecule has 0 radical (unpaired) electrons. The van der Waals surface area contributed by atoms with Gasteiger partial charge in [0.05, 0.1) is 6.33 Å². The number of nitrogens with two attached hydrogens (primary N) is 1. The van der Waals surface area contributed by atoms with Crippen LogP contribution in [0.5, 0.6) is 0 Å². The molecule has 17 heavy (non-hydrogen) atoms. The average Bonchev–Trinajstić information content (AvgIpc) is 2.97. The SMILES string of the molecule is NC(=S)c1ncn(-c2ncnc3nc[nH]c23)n1. The molecule has 84 valence electrons. The quantitative estimate of drug-likeness (QED) is 0.590. The molecule has 0 aliphatic rings. The second-order valence-electron chi connectivity index (χ2n) is 3.18. The van der Waals surface area contributed by atoms with Gasteiger partial charge in [0.1, 0.15) is 23.2 Å². The van der Waals surface area contributed by atoms with E-state index in [0.29, 0.717) is 22.8 Å². The number of nitrogens with one attached hydrogen (secondary N) is 1. The summed E-state index contributed by atoms with van der Waals surface area (Å²) in [6.07, 6.45) is 4.42. The minimum absolute atomic E-state index is 0.138. The molecule has 0 spiro atoms. The molecule has 3 aromatic rings. The lowest BCUT2D eigenvalue weighted by Crippen LogP contribution is -2.12. The van der Waals surface area contributed by atoms with Gasteiger partial charge in [-0.25, -0.2) is 19.9 Å². The summed E-state index contributed by atoms with van der Waals surface area (Å²) in [5, 5.41) is 4.11. The van der Waals surface area contributed by atoms with Gasteiger partial charge < -0.3 is 10.7 Å². The van der Waals surface area contributed by atoms with E-state index in [4.69, 9.17) is 18.0 Å². The molecule has 3 heterocycles. The molecule has 3 aromatic heterocycles. The van der Waals surface area contributed by atoms with Crippen LogP contribution in [0.2, 0.25) is 0 Å². The standard InChI is InChI=1S/C8H6N8S/c9-5(17)7-14-3-16(15-7)8-4-6(11-1-10-4)12-2-13-8/h1-3H,(H2,9,17)(H,10,11,12,13). The fourth-order valence-corrected chi connectivity index (χ4v) is 1.50. The van der Waals surface area contributed by atoms with Crippen molar-refractivity contribution in [2.75, 3.05) is 0 Å². The van der Waals surface area contributed by atoms with E-state index in [1.165, 1.54) is 23.7 Å². The molecule has 0 bridgehead atoms. The highest BCUT2D eigenvalue weighted by molar-refractivity contribution is 7.80. The van der Waals surface area contributed by atoms with Crippen molar-refractivity contribution in [3.63, 3.8) is 0 Å². The third-order valence-corrected chi connectivity index (χ3v) is 2.31. The van der Waals surface area contributed by atoms with Crippen LogP contribution in [0.4, 0.5) is 0 Å². The van der Waals surface area contributed by atoms with Crippen LogP contribution in [0.3, 0.4) is 0 Å². The van der Waals surface area contributed by atoms with Crippen molar-refractivity contribution in [2.45, 2.75) is 0 Å². The maximum Gasteiger partial charge on any atom is 0.208 e. The second kappa shape index (κ2) is 3.56. The van der Waals surface area contributed by atoms with Gasteiger partial charge in [0, 0.05) is 0 Å². The maximum atomic E-state index is 5.44. The van der Waals surface area contributed by atoms with Gasteiger partial charge in [0.2, 0.25) is 5.82 Å². The molecule has 0 saturated carbocycles. The molecule has 0 amide bonds. The summed E-state index contributed by atoms with van der Waals surface area (Å²) in [7, 11) is 0. The van der Waals surface area contributed by atoms with E-state index in [2.05, 4.69) is 30.0 Å². The van der Waals surface area contributed by atoms with Crippen LogP contribution in [0, 0.1) is 0 Å². The lowest BCUT2D eigenvalue weighted by Gasteiger charge is -1.98. The van der Waals surface area contributed by atoms with Gasteiger partial charge in [-0.3, -0.25) is 0 Å². The van der Waals surface area contributed by atoms with E-state index >= 15 is 0 Å². The third-order valence-electron chi connectivity index (χ3n) is 2.13. The van der Waals surface area contributed by atoms with E-state index in [1.807, 2.05) is 0 Å². The van der Waals surface area contributed by atoms with E-state index in [1.54, 1.807) is 0 Å². The molecule has 0 saturated heterocycles. The number of aromatic nitrogens is 7. The van der Waals surface area contributed by atoms with Crippen LogP contribution in [0.25, 0.3) is 17.0 Å². The van der Waals surface area contributed by atoms with Gasteiger partial charge in [0.15, 0.2) is 11.5 Å². The predicted molar refractivity (Wildman–Crippen MR) is 62.5 cm³/mol. The predicted octanol–water partition coefficient (Wildman–Crippen LogP) is -0.432.